The first kappa shape index (κ1) is 49.0. The van der Waals surface area contributed by atoms with Crippen molar-refractivity contribution in [2.45, 2.75) is 160 Å². The van der Waals surface area contributed by atoms with E-state index in [2.05, 4.69) is 5.32 Å². The van der Waals surface area contributed by atoms with Gasteiger partial charge in [0, 0.05) is 6.92 Å². The highest BCUT2D eigenvalue weighted by molar-refractivity contribution is 5.73. The summed E-state index contributed by atoms with van der Waals surface area (Å²) in [4.78, 5) is 24.4. The van der Waals surface area contributed by atoms with Gasteiger partial charge in [0.05, 0.1) is 26.4 Å². The molecule has 5 rings (SSSR count). The van der Waals surface area contributed by atoms with Crippen LogP contribution < -0.4 is 5.32 Å². The highest BCUT2D eigenvalue weighted by Crippen LogP contribution is 2.33. The minimum Gasteiger partial charge on any atom is -0.479 e. The van der Waals surface area contributed by atoms with Crippen LogP contribution in [0.25, 0.3) is 0 Å². The zero-order valence-corrected chi connectivity index (χ0v) is 31.4. The van der Waals surface area contributed by atoms with Gasteiger partial charge in [-0.3, -0.25) is 4.79 Å². The lowest BCUT2D eigenvalue weighted by Gasteiger charge is -2.48. The Morgan fingerprint density at radius 1 is 0.483 bits per heavy atom. The lowest BCUT2D eigenvalue weighted by Crippen LogP contribution is -2.68. The van der Waals surface area contributed by atoms with Crippen LogP contribution in [-0.4, -0.2) is 273 Å². The van der Waals surface area contributed by atoms with Crippen LogP contribution in [0, 0.1) is 0 Å². The van der Waals surface area contributed by atoms with Crippen molar-refractivity contribution in [1.82, 2.24) is 5.32 Å². The van der Waals surface area contributed by atoms with Gasteiger partial charge in [-0.1, -0.05) is 0 Å². The van der Waals surface area contributed by atoms with Crippen LogP contribution in [0.4, 0.5) is 0 Å². The van der Waals surface area contributed by atoms with Gasteiger partial charge in [0.25, 0.3) is 0 Å². The second-order valence-corrected chi connectivity index (χ2v) is 14.8. The normalized spacial score (nSPS) is 50.2. The number of carbonyl (C=O) groups is 2. The molecule has 0 aromatic carbocycles. The average Bonchev–Trinajstić information content (AvgIpc) is 3.21. The number of aliphatic hydroxyl groups is 15. The van der Waals surface area contributed by atoms with Gasteiger partial charge in [-0.05, 0) is 0 Å². The fourth-order valence-corrected chi connectivity index (χ4v) is 7.20. The number of nitrogens with one attached hydrogen (secondary N) is 1. The largest absolute Gasteiger partial charge is 0.479 e. The SMILES string of the molecule is CC(=O)N[C@H]1[C@H](OC[C@H]2O[C@H](O[C@H]3[C@H](O)[C@@H](O)[C@H](OC[C@H]4O[C@@H](O)[C@H](O)[C@@H](O)[C@H]4O)O[C@@H]3C(=O)O)[C@H](O)[C@@H](O)[C@@H]2O)O[C@H](CO)[C@@H](O[C@@H]2O[C@H](CO)[C@H](O)[C@H](O)[C@H]2O)[C@@H]1O. The summed E-state index contributed by atoms with van der Waals surface area (Å²) in [6.07, 6.45) is -45.5. The molecule has 60 heavy (non-hydrogen) atoms. The molecule has 28 heteroatoms. The number of carboxylic acid groups (broad SMARTS) is 1. The fraction of sp³-hybridized carbons (Fsp3) is 0.938. The minimum absolute atomic E-state index is 0.764. The molecular formula is C32H53NO27. The number of hydrogen-bond acceptors (Lipinski definition) is 26. The van der Waals surface area contributed by atoms with E-state index in [1.54, 1.807) is 0 Å². The van der Waals surface area contributed by atoms with E-state index in [9.17, 15) is 91.3 Å². The smallest absolute Gasteiger partial charge is 0.335 e. The molecule has 0 bridgehead atoms. The molecule has 0 aliphatic carbocycles. The Labute approximate surface area is 338 Å². The van der Waals surface area contributed by atoms with Gasteiger partial charge in [-0.15, -0.1) is 0 Å². The Bertz CT molecular complexity index is 1400. The predicted octanol–water partition coefficient (Wildman–Crippen LogP) is -11.7. The summed E-state index contributed by atoms with van der Waals surface area (Å²) in [5.74, 6) is -2.59. The van der Waals surface area contributed by atoms with Crippen molar-refractivity contribution >= 4 is 11.9 Å². The van der Waals surface area contributed by atoms with Crippen molar-refractivity contribution in [3.8, 4) is 0 Å². The van der Waals surface area contributed by atoms with Gasteiger partial charge in [0.2, 0.25) is 5.91 Å². The van der Waals surface area contributed by atoms with Gasteiger partial charge in [-0.25, -0.2) is 4.79 Å². The maximum absolute atomic E-state index is 12.2. The monoisotopic (exact) mass is 883 g/mol. The van der Waals surface area contributed by atoms with E-state index in [1.165, 1.54) is 0 Å². The van der Waals surface area contributed by atoms with Crippen molar-refractivity contribution < 1.29 is 134 Å². The van der Waals surface area contributed by atoms with Crippen LogP contribution in [0.5, 0.6) is 0 Å². The third kappa shape index (κ3) is 10.3. The Morgan fingerprint density at radius 3 is 1.47 bits per heavy atom. The van der Waals surface area contributed by atoms with Crippen molar-refractivity contribution in [1.29, 1.82) is 0 Å². The third-order valence-corrected chi connectivity index (χ3v) is 10.6. The number of rotatable bonds is 14. The van der Waals surface area contributed by atoms with Gasteiger partial charge < -0.3 is 130 Å². The minimum atomic E-state index is -2.22. The first-order valence-corrected chi connectivity index (χ1v) is 18.6. The maximum Gasteiger partial charge on any atom is 0.335 e. The lowest BCUT2D eigenvalue weighted by molar-refractivity contribution is -0.366. The van der Waals surface area contributed by atoms with Gasteiger partial charge >= 0.3 is 5.97 Å². The van der Waals surface area contributed by atoms with Gasteiger partial charge in [0.15, 0.2) is 37.6 Å². The van der Waals surface area contributed by atoms with Crippen molar-refractivity contribution in [3.63, 3.8) is 0 Å². The molecule has 17 N–H and O–H groups in total. The van der Waals surface area contributed by atoms with Crippen LogP contribution in [0.1, 0.15) is 6.92 Å². The molecule has 0 spiro atoms. The quantitative estimate of drug-likeness (QED) is 0.0770. The molecule has 0 aromatic rings. The standard InChI is InChI=1S/C32H53NO27/c1-6(36)33-11-15(40)24(58-31-21(46)17(42)12(37)7(2-34)55-31)8(3-35)56-29(11)52-5-10-14(39)18(43)22(47)32(57-10)59-25-19(44)23(48)30(60-26(25)27(49)50)53-4-9-13(38)16(41)20(45)28(51)54-9/h7-26,28-32,34-35,37-48,51H,2-5H2,1H3,(H,33,36)(H,49,50)/t7-,8-,9-,10-,11-,12+,13+,14-,15-,16+,17+,18+,19-,20-,21-,22-,23-,24-,25+,26+,28-,29-,30-,31+,32-/m1/s1. The molecule has 5 heterocycles. The number of carboxylic acids is 1. The lowest BCUT2D eigenvalue weighted by atomic mass is 9.95. The molecule has 0 aromatic heterocycles. The van der Waals surface area contributed by atoms with E-state index < -0.39 is 192 Å². The van der Waals surface area contributed by atoms with Crippen LogP contribution in [0.2, 0.25) is 0 Å². The number of aliphatic hydroxyl groups excluding tert-OH is 15. The second kappa shape index (κ2) is 20.7. The molecule has 0 saturated carbocycles. The number of aliphatic carboxylic acids is 1. The van der Waals surface area contributed by atoms with E-state index >= 15 is 0 Å². The number of ether oxygens (including phenoxy) is 9. The van der Waals surface area contributed by atoms with Crippen LogP contribution in [-0.2, 0) is 52.2 Å². The summed E-state index contributed by atoms with van der Waals surface area (Å²) < 4.78 is 48.9. The summed E-state index contributed by atoms with van der Waals surface area (Å²) in [6, 6.07) is -1.58. The molecule has 25 atom stereocenters. The van der Waals surface area contributed by atoms with E-state index in [4.69, 9.17) is 42.6 Å². The molecule has 348 valence electrons. The number of amides is 1. The van der Waals surface area contributed by atoms with Crippen molar-refractivity contribution in [2.75, 3.05) is 26.4 Å². The third-order valence-electron chi connectivity index (χ3n) is 10.6. The highest BCUT2D eigenvalue weighted by Gasteiger charge is 2.55. The van der Waals surface area contributed by atoms with E-state index in [-0.39, 0.29) is 0 Å². The first-order chi connectivity index (χ1) is 28.2. The van der Waals surface area contributed by atoms with E-state index in [0.29, 0.717) is 0 Å². The fourth-order valence-electron chi connectivity index (χ4n) is 7.20. The number of carbonyl (C=O) groups excluding carboxylic acids is 1. The van der Waals surface area contributed by atoms with Crippen molar-refractivity contribution in [3.05, 3.63) is 0 Å². The summed E-state index contributed by atoms with van der Waals surface area (Å²) >= 11 is 0. The molecule has 0 radical (unpaired) electrons. The summed E-state index contributed by atoms with van der Waals surface area (Å²) in [5, 5.41) is 167. The highest BCUT2D eigenvalue weighted by atomic mass is 16.8. The summed E-state index contributed by atoms with van der Waals surface area (Å²) in [6.45, 7) is -2.33. The van der Waals surface area contributed by atoms with Gasteiger partial charge in [0.1, 0.15) is 116 Å². The Hall–Kier alpha value is -2.02. The molecule has 5 aliphatic rings. The Kier molecular flexibility index (Phi) is 16.9. The van der Waals surface area contributed by atoms with Crippen LogP contribution in [0.3, 0.4) is 0 Å². The van der Waals surface area contributed by atoms with Crippen LogP contribution >= 0.6 is 0 Å². The zero-order valence-electron chi connectivity index (χ0n) is 31.4. The molecule has 5 saturated heterocycles. The number of hydrogen-bond donors (Lipinski definition) is 17. The summed E-state index contributed by atoms with van der Waals surface area (Å²) in [7, 11) is 0. The maximum atomic E-state index is 12.2. The van der Waals surface area contributed by atoms with E-state index in [1.807, 2.05) is 0 Å². The molecular weight excluding hydrogens is 830 g/mol. The second-order valence-electron chi connectivity index (χ2n) is 14.8. The Balaban J connectivity index is 1.25. The molecule has 5 aliphatic heterocycles. The average molecular weight is 884 g/mol. The van der Waals surface area contributed by atoms with Crippen molar-refractivity contribution in [2.24, 2.45) is 0 Å². The molecule has 1 amide bonds. The van der Waals surface area contributed by atoms with E-state index in [0.717, 1.165) is 6.92 Å². The first-order valence-electron chi connectivity index (χ1n) is 18.6. The molecule has 5 fully saturated rings. The summed E-state index contributed by atoms with van der Waals surface area (Å²) in [5.41, 5.74) is 0. The topological polar surface area (TPSA) is 453 Å². The van der Waals surface area contributed by atoms with Crippen LogP contribution in [0.15, 0.2) is 0 Å². The van der Waals surface area contributed by atoms with Gasteiger partial charge in [-0.2, -0.15) is 0 Å². The molecule has 28 nitrogen and oxygen atoms in total. The Morgan fingerprint density at radius 2 is 0.933 bits per heavy atom. The predicted molar refractivity (Wildman–Crippen MR) is 179 cm³/mol. The molecule has 0 unspecified atom stereocenters. The zero-order chi connectivity index (χ0) is 44.5.